The SMILES string of the molecule is CC(C)(C)c1csc2c1NCCO2. The Morgan fingerprint density at radius 3 is 2.92 bits per heavy atom. The molecule has 0 aliphatic carbocycles. The van der Waals surface area contributed by atoms with Crippen molar-refractivity contribution < 1.29 is 4.74 Å². The first-order chi connectivity index (χ1) is 6.09. The van der Waals surface area contributed by atoms with Crippen molar-refractivity contribution in [3.63, 3.8) is 0 Å². The van der Waals surface area contributed by atoms with Gasteiger partial charge in [0.15, 0.2) is 5.06 Å². The van der Waals surface area contributed by atoms with Crippen LogP contribution in [0.5, 0.6) is 5.06 Å². The molecule has 0 saturated carbocycles. The van der Waals surface area contributed by atoms with Gasteiger partial charge in [-0.05, 0) is 11.0 Å². The van der Waals surface area contributed by atoms with Crippen LogP contribution in [0.1, 0.15) is 26.3 Å². The molecule has 1 N–H and O–H groups in total. The summed E-state index contributed by atoms with van der Waals surface area (Å²) in [6.45, 7) is 8.40. The fourth-order valence-corrected chi connectivity index (χ4v) is 2.63. The Hall–Kier alpha value is -0.700. The summed E-state index contributed by atoms with van der Waals surface area (Å²) < 4.78 is 5.56. The molecule has 0 unspecified atom stereocenters. The van der Waals surface area contributed by atoms with Crippen LogP contribution in [-0.4, -0.2) is 13.2 Å². The van der Waals surface area contributed by atoms with Crippen molar-refractivity contribution in [2.24, 2.45) is 0 Å². The van der Waals surface area contributed by atoms with Gasteiger partial charge in [-0.3, -0.25) is 0 Å². The zero-order valence-electron chi connectivity index (χ0n) is 8.31. The van der Waals surface area contributed by atoms with E-state index < -0.39 is 0 Å². The normalized spacial score (nSPS) is 15.9. The quantitative estimate of drug-likeness (QED) is 0.690. The van der Waals surface area contributed by atoms with Crippen LogP contribution in [0.25, 0.3) is 0 Å². The van der Waals surface area contributed by atoms with Crippen molar-refractivity contribution in [1.29, 1.82) is 0 Å². The first kappa shape index (κ1) is 8.88. The summed E-state index contributed by atoms with van der Waals surface area (Å²) in [4.78, 5) is 0. The predicted octanol–water partition coefficient (Wildman–Crippen LogP) is 2.85. The number of hydrogen-bond donors (Lipinski definition) is 1. The van der Waals surface area contributed by atoms with E-state index in [1.54, 1.807) is 11.3 Å². The third kappa shape index (κ3) is 1.53. The summed E-state index contributed by atoms with van der Waals surface area (Å²) >= 11 is 1.69. The lowest BCUT2D eigenvalue weighted by Crippen LogP contribution is -2.20. The molecular weight excluding hydrogens is 182 g/mol. The van der Waals surface area contributed by atoms with Crippen molar-refractivity contribution in [1.82, 2.24) is 0 Å². The molecule has 0 aromatic carbocycles. The fraction of sp³-hybridized carbons (Fsp3) is 0.600. The smallest absolute Gasteiger partial charge is 0.197 e. The molecule has 1 aromatic heterocycles. The zero-order valence-corrected chi connectivity index (χ0v) is 9.12. The second-order valence-corrected chi connectivity index (χ2v) is 5.18. The van der Waals surface area contributed by atoms with Gasteiger partial charge in [0.2, 0.25) is 0 Å². The molecule has 1 aliphatic heterocycles. The summed E-state index contributed by atoms with van der Waals surface area (Å²) in [5, 5.41) is 6.65. The van der Waals surface area contributed by atoms with Gasteiger partial charge in [-0.15, -0.1) is 11.3 Å². The van der Waals surface area contributed by atoms with Crippen LogP contribution in [0, 0.1) is 0 Å². The number of hydrogen-bond acceptors (Lipinski definition) is 3. The van der Waals surface area contributed by atoms with E-state index in [2.05, 4.69) is 31.5 Å². The van der Waals surface area contributed by atoms with E-state index >= 15 is 0 Å². The van der Waals surface area contributed by atoms with E-state index in [-0.39, 0.29) is 5.41 Å². The second kappa shape index (κ2) is 2.91. The Balaban J connectivity index is 2.43. The van der Waals surface area contributed by atoms with E-state index in [1.807, 2.05) is 0 Å². The van der Waals surface area contributed by atoms with E-state index in [0.29, 0.717) is 0 Å². The van der Waals surface area contributed by atoms with Gasteiger partial charge in [-0.25, -0.2) is 0 Å². The summed E-state index contributed by atoms with van der Waals surface area (Å²) in [6.07, 6.45) is 0. The average Bonchev–Trinajstić information content (AvgIpc) is 2.45. The van der Waals surface area contributed by atoms with Crippen molar-refractivity contribution in [3.05, 3.63) is 10.9 Å². The monoisotopic (exact) mass is 197 g/mol. The highest BCUT2D eigenvalue weighted by Gasteiger charge is 2.24. The molecule has 0 radical (unpaired) electrons. The number of anilines is 1. The average molecular weight is 197 g/mol. The molecule has 2 rings (SSSR count). The highest BCUT2D eigenvalue weighted by Crippen LogP contribution is 2.43. The number of rotatable bonds is 0. The number of nitrogens with one attached hydrogen (secondary N) is 1. The van der Waals surface area contributed by atoms with Gasteiger partial charge in [0, 0.05) is 11.9 Å². The van der Waals surface area contributed by atoms with E-state index in [4.69, 9.17) is 4.74 Å². The molecule has 13 heavy (non-hydrogen) atoms. The fourth-order valence-electron chi connectivity index (χ4n) is 1.49. The third-order valence-corrected chi connectivity index (χ3v) is 3.09. The minimum atomic E-state index is 0.206. The molecule has 3 heteroatoms. The van der Waals surface area contributed by atoms with Crippen LogP contribution in [0.3, 0.4) is 0 Å². The van der Waals surface area contributed by atoms with Gasteiger partial charge in [-0.1, -0.05) is 20.8 Å². The first-order valence-corrected chi connectivity index (χ1v) is 5.45. The highest BCUT2D eigenvalue weighted by molar-refractivity contribution is 7.12. The Labute approximate surface area is 82.9 Å². The second-order valence-electron chi connectivity index (χ2n) is 4.34. The molecule has 0 spiro atoms. The molecule has 1 aliphatic rings. The van der Waals surface area contributed by atoms with Gasteiger partial charge in [0.25, 0.3) is 0 Å². The topological polar surface area (TPSA) is 21.3 Å². The summed E-state index contributed by atoms with van der Waals surface area (Å²) in [5.41, 5.74) is 2.79. The van der Waals surface area contributed by atoms with Gasteiger partial charge in [-0.2, -0.15) is 0 Å². The Kier molecular flexibility index (Phi) is 1.99. The van der Waals surface area contributed by atoms with Crippen LogP contribution in [0.4, 0.5) is 5.69 Å². The lowest BCUT2D eigenvalue weighted by atomic mass is 9.88. The highest BCUT2D eigenvalue weighted by atomic mass is 32.1. The first-order valence-electron chi connectivity index (χ1n) is 4.57. The van der Waals surface area contributed by atoms with E-state index in [9.17, 15) is 0 Å². The van der Waals surface area contributed by atoms with Crippen molar-refractivity contribution in [3.8, 4) is 5.06 Å². The minimum absolute atomic E-state index is 0.206. The zero-order chi connectivity index (χ0) is 9.47. The Morgan fingerprint density at radius 2 is 2.23 bits per heavy atom. The van der Waals surface area contributed by atoms with Crippen LogP contribution < -0.4 is 10.1 Å². The van der Waals surface area contributed by atoms with Crippen LogP contribution in [0.2, 0.25) is 0 Å². The minimum Gasteiger partial charge on any atom is -0.481 e. The maximum atomic E-state index is 5.56. The molecule has 0 saturated heterocycles. The van der Waals surface area contributed by atoms with Gasteiger partial charge in [0.1, 0.15) is 6.61 Å². The lowest BCUT2D eigenvalue weighted by molar-refractivity contribution is 0.332. The largest absolute Gasteiger partial charge is 0.481 e. The van der Waals surface area contributed by atoms with Crippen molar-refractivity contribution in [2.75, 3.05) is 18.5 Å². The lowest BCUT2D eigenvalue weighted by Gasteiger charge is -2.23. The summed E-state index contributed by atoms with van der Waals surface area (Å²) in [5.74, 6) is 0. The standard InChI is InChI=1S/C10H15NOS/c1-10(2,3)7-6-13-9-8(7)11-4-5-12-9/h6,11H,4-5H2,1-3H3. The van der Waals surface area contributed by atoms with E-state index in [0.717, 1.165) is 18.2 Å². The van der Waals surface area contributed by atoms with Crippen molar-refractivity contribution in [2.45, 2.75) is 26.2 Å². The van der Waals surface area contributed by atoms with Crippen LogP contribution in [0.15, 0.2) is 5.38 Å². The maximum absolute atomic E-state index is 5.56. The molecule has 72 valence electrons. The summed E-state index contributed by atoms with van der Waals surface area (Å²) in [6, 6.07) is 0. The Bertz CT molecular complexity index is 311. The van der Waals surface area contributed by atoms with E-state index in [1.165, 1.54) is 11.3 Å². The molecule has 0 atom stereocenters. The third-order valence-electron chi connectivity index (χ3n) is 2.20. The van der Waals surface area contributed by atoms with Crippen molar-refractivity contribution >= 4 is 17.0 Å². The van der Waals surface area contributed by atoms with Gasteiger partial charge >= 0.3 is 0 Å². The van der Waals surface area contributed by atoms with Gasteiger partial charge < -0.3 is 10.1 Å². The molecule has 0 amide bonds. The molecular formula is C10H15NOS. The molecule has 2 heterocycles. The molecule has 0 fully saturated rings. The number of ether oxygens (including phenoxy) is 1. The Morgan fingerprint density at radius 1 is 1.46 bits per heavy atom. The maximum Gasteiger partial charge on any atom is 0.197 e. The molecule has 2 nitrogen and oxygen atoms in total. The number of thiophene rings is 1. The van der Waals surface area contributed by atoms with Crippen LogP contribution in [-0.2, 0) is 5.41 Å². The molecule has 0 bridgehead atoms. The van der Waals surface area contributed by atoms with Gasteiger partial charge in [0.05, 0.1) is 5.69 Å². The summed E-state index contributed by atoms with van der Waals surface area (Å²) in [7, 11) is 0. The molecule has 1 aromatic rings. The number of fused-ring (bicyclic) bond motifs is 1. The predicted molar refractivity (Wildman–Crippen MR) is 57.0 cm³/mol. The van der Waals surface area contributed by atoms with Crippen LogP contribution >= 0.6 is 11.3 Å².